The maximum atomic E-state index is 9.10. The van der Waals surface area contributed by atoms with Crippen LogP contribution in [0.3, 0.4) is 0 Å². The Kier molecular flexibility index (Phi) is 11.6. The van der Waals surface area contributed by atoms with Crippen LogP contribution in [-0.2, 0) is 16.1 Å². The summed E-state index contributed by atoms with van der Waals surface area (Å²) in [6, 6.07) is 18.4. The highest BCUT2D eigenvalue weighted by Crippen LogP contribution is 2.19. The number of hydrogen-bond acceptors (Lipinski definition) is 5. The van der Waals surface area contributed by atoms with Gasteiger partial charge in [0.25, 0.3) is 0 Å². The second-order valence-corrected chi connectivity index (χ2v) is 6.30. The molecule has 7 nitrogen and oxygen atoms in total. The van der Waals surface area contributed by atoms with E-state index in [4.69, 9.17) is 29.3 Å². The van der Waals surface area contributed by atoms with E-state index in [2.05, 4.69) is 42.3 Å². The van der Waals surface area contributed by atoms with Crippen molar-refractivity contribution in [2.24, 2.45) is 0 Å². The van der Waals surface area contributed by atoms with E-state index in [-0.39, 0.29) is 0 Å². The molecule has 0 spiro atoms. The Bertz CT molecular complexity index is 723. The van der Waals surface area contributed by atoms with Gasteiger partial charge in [-0.15, -0.1) is 0 Å². The highest BCUT2D eigenvalue weighted by atomic mass is 16.5. The normalized spacial score (nSPS) is 10.0. The zero-order chi connectivity index (χ0) is 21.5. The molecule has 2 aromatic rings. The van der Waals surface area contributed by atoms with Gasteiger partial charge >= 0.3 is 11.9 Å². The molecule has 0 aliphatic carbocycles. The van der Waals surface area contributed by atoms with E-state index < -0.39 is 11.9 Å². The van der Waals surface area contributed by atoms with E-state index in [9.17, 15) is 0 Å². The van der Waals surface area contributed by atoms with E-state index in [1.54, 1.807) is 0 Å². The number of rotatable bonds is 10. The molecule has 29 heavy (non-hydrogen) atoms. The molecule has 0 aromatic heterocycles. The minimum atomic E-state index is -1.82. The number of nitrogens with zero attached hydrogens (tertiary/aromatic N) is 1. The third-order valence-corrected chi connectivity index (χ3v) is 3.80. The minimum Gasteiger partial charge on any atom is -0.494 e. The first-order chi connectivity index (χ1) is 13.9. The second kappa shape index (κ2) is 14.0. The number of aliphatic carboxylic acids is 2. The SMILES string of the molecule is CCOc1cccc(OCCCCN(C)Cc2ccccc2)c1.O=C(O)C(=O)O. The highest BCUT2D eigenvalue weighted by Gasteiger charge is 2.04. The van der Waals surface area contributed by atoms with Crippen LogP contribution >= 0.6 is 0 Å². The molecule has 7 heteroatoms. The molecule has 0 unspecified atom stereocenters. The summed E-state index contributed by atoms with van der Waals surface area (Å²) in [5.74, 6) is -1.90. The number of hydrogen-bond donors (Lipinski definition) is 2. The van der Waals surface area contributed by atoms with Gasteiger partial charge in [0.1, 0.15) is 11.5 Å². The Balaban J connectivity index is 0.000000612. The lowest BCUT2D eigenvalue weighted by Gasteiger charge is -2.16. The second-order valence-electron chi connectivity index (χ2n) is 6.30. The fourth-order valence-corrected chi connectivity index (χ4v) is 2.47. The first-order valence-corrected chi connectivity index (χ1v) is 9.46. The molecule has 0 saturated carbocycles. The van der Waals surface area contributed by atoms with Crippen molar-refractivity contribution < 1.29 is 29.3 Å². The average molecular weight is 403 g/mol. The quantitative estimate of drug-likeness (QED) is 0.463. The predicted molar refractivity (Wildman–Crippen MR) is 110 cm³/mol. The van der Waals surface area contributed by atoms with E-state index in [1.165, 1.54) is 5.56 Å². The van der Waals surface area contributed by atoms with Crippen molar-refractivity contribution in [1.82, 2.24) is 4.90 Å². The molecule has 0 bridgehead atoms. The van der Waals surface area contributed by atoms with Gasteiger partial charge in [0.15, 0.2) is 0 Å². The van der Waals surface area contributed by atoms with Gasteiger partial charge in [-0.05, 0) is 51.1 Å². The molecule has 0 aliphatic rings. The summed E-state index contributed by atoms with van der Waals surface area (Å²) in [6.07, 6.45) is 2.19. The van der Waals surface area contributed by atoms with Crippen LogP contribution in [0.25, 0.3) is 0 Å². The highest BCUT2D eigenvalue weighted by molar-refractivity contribution is 6.27. The summed E-state index contributed by atoms with van der Waals surface area (Å²) in [5, 5.41) is 14.8. The Morgan fingerprint density at radius 1 is 0.897 bits per heavy atom. The average Bonchev–Trinajstić information content (AvgIpc) is 2.69. The van der Waals surface area contributed by atoms with Crippen molar-refractivity contribution in [2.75, 3.05) is 26.8 Å². The largest absolute Gasteiger partial charge is 0.494 e. The van der Waals surface area contributed by atoms with Gasteiger partial charge in [0, 0.05) is 12.6 Å². The molecule has 2 rings (SSSR count). The van der Waals surface area contributed by atoms with Gasteiger partial charge in [-0.25, -0.2) is 9.59 Å². The van der Waals surface area contributed by atoms with E-state index >= 15 is 0 Å². The Morgan fingerprint density at radius 2 is 1.52 bits per heavy atom. The Morgan fingerprint density at radius 3 is 2.10 bits per heavy atom. The molecule has 2 N–H and O–H groups in total. The summed E-state index contributed by atoms with van der Waals surface area (Å²) >= 11 is 0. The van der Waals surface area contributed by atoms with Gasteiger partial charge in [0.05, 0.1) is 13.2 Å². The van der Waals surface area contributed by atoms with E-state index in [0.29, 0.717) is 6.61 Å². The third-order valence-electron chi connectivity index (χ3n) is 3.80. The maximum Gasteiger partial charge on any atom is 0.414 e. The molecule has 0 fully saturated rings. The molecule has 0 atom stereocenters. The summed E-state index contributed by atoms with van der Waals surface area (Å²) in [4.78, 5) is 20.6. The van der Waals surface area contributed by atoms with Crippen LogP contribution in [0.5, 0.6) is 11.5 Å². The van der Waals surface area contributed by atoms with Crippen LogP contribution < -0.4 is 9.47 Å². The molecule has 0 amide bonds. The Labute approximate surface area is 171 Å². The van der Waals surface area contributed by atoms with Gasteiger partial charge in [-0.3, -0.25) is 0 Å². The first kappa shape index (κ1) is 24.0. The van der Waals surface area contributed by atoms with Gasteiger partial charge < -0.3 is 24.6 Å². The van der Waals surface area contributed by atoms with Crippen LogP contribution in [0.4, 0.5) is 0 Å². The minimum absolute atomic E-state index is 0.678. The van der Waals surface area contributed by atoms with Crippen molar-refractivity contribution in [2.45, 2.75) is 26.3 Å². The lowest BCUT2D eigenvalue weighted by atomic mass is 10.2. The number of carboxylic acid groups (broad SMARTS) is 2. The van der Waals surface area contributed by atoms with Gasteiger partial charge in [0.2, 0.25) is 0 Å². The Hall–Kier alpha value is -3.06. The fourth-order valence-electron chi connectivity index (χ4n) is 2.47. The van der Waals surface area contributed by atoms with Crippen LogP contribution in [0.1, 0.15) is 25.3 Å². The molecular weight excluding hydrogens is 374 g/mol. The van der Waals surface area contributed by atoms with E-state index in [1.807, 2.05) is 31.2 Å². The summed E-state index contributed by atoms with van der Waals surface area (Å²) in [5.41, 5.74) is 1.36. The standard InChI is InChI=1S/C20H27NO2.C2H2O4/c1-3-22-19-12-9-13-20(16-19)23-15-8-7-14-21(2)17-18-10-5-4-6-11-18;3-1(4)2(5)6/h4-6,9-13,16H,3,7-8,14-15,17H2,1-2H3;(H,3,4)(H,5,6). The number of carboxylic acids is 2. The van der Waals surface area contributed by atoms with Crippen molar-refractivity contribution in [3.8, 4) is 11.5 Å². The molecule has 0 heterocycles. The van der Waals surface area contributed by atoms with Gasteiger partial charge in [-0.2, -0.15) is 0 Å². The van der Waals surface area contributed by atoms with Gasteiger partial charge in [-0.1, -0.05) is 36.4 Å². The first-order valence-electron chi connectivity index (χ1n) is 9.46. The zero-order valence-corrected chi connectivity index (χ0v) is 16.9. The zero-order valence-electron chi connectivity index (χ0n) is 16.9. The monoisotopic (exact) mass is 403 g/mol. The fraction of sp³-hybridized carbons (Fsp3) is 0.364. The maximum absolute atomic E-state index is 9.10. The number of unbranched alkanes of at least 4 members (excludes halogenated alkanes) is 1. The number of benzene rings is 2. The van der Waals surface area contributed by atoms with Crippen LogP contribution in [0.15, 0.2) is 54.6 Å². The topological polar surface area (TPSA) is 96.3 Å². The van der Waals surface area contributed by atoms with Crippen molar-refractivity contribution >= 4 is 11.9 Å². The lowest BCUT2D eigenvalue weighted by molar-refractivity contribution is -0.159. The molecule has 2 aromatic carbocycles. The summed E-state index contributed by atoms with van der Waals surface area (Å²) in [7, 11) is 2.17. The molecule has 0 radical (unpaired) electrons. The predicted octanol–water partition coefficient (Wildman–Crippen LogP) is 3.53. The van der Waals surface area contributed by atoms with Crippen LogP contribution in [0, 0.1) is 0 Å². The third kappa shape index (κ3) is 11.4. The van der Waals surface area contributed by atoms with E-state index in [0.717, 1.165) is 44.0 Å². The van der Waals surface area contributed by atoms with Crippen molar-refractivity contribution in [1.29, 1.82) is 0 Å². The number of carbonyl (C=O) groups is 2. The number of ether oxygens (including phenoxy) is 2. The smallest absolute Gasteiger partial charge is 0.414 e. The molecule has 0 aliphatic heterocycles. The molecule has 158 valence electrons. The van der Waals surface area contributed by atoms with Crippen LogP contribution in [0.2, 0.25) is 0 Å². The lowest BCUT2D eigenvalue weighted by Crippen LogP contribution is -2.19. The van der Waals surface area contributed by atoms with Crippen LogP contribution in [-0.4, -0.2) is 53.9 Å². The summed E-state index contributed by atoms with van der Waals surface area (Å²) < 4.78 is 11.3. The summed E-state index contributed by atoms with van der Waals surface area (Å²) in [6.45, 7) is 5.49. The molecule has 0 saturated heterocycles. The van der Waals surface area contributed by atoms with Crippen molar-refractivity contribution in [3.05, 3.63) is 60.2 Å². The molecular formula is C22H29NO6. The van der Waals surface area contributed by atoms with Crippen molar-refractivity contribution in [3.63, 3.8) is 0 Å².